The molecule has 0 aliphatic rings. The van der Waals surface area contributed by atoms with Gasteiger partial charge in [0.2, 0.25) is 5.75 Å². The van der Waals surface area contributed by atoms with Crippen LogP contribution in [0.15, 0.2) is 47.4 Å². The number of nitrogens with zero attached hydrogens (tertiary/aromatic N) is 1. The largest absolute Gasteiger partial charge is 0.493 e. The monoisotopic (exact) mass is 559 g/mol. The van der Waals surface area contributed by atoms with E-state index in [0.717, 1.165) is 6.07 Å². The van der Waals surface area contributed by atoms with Crippen LogP contribution in [-0.4, -0.2) is 56.0 Å². The second kappa shape index (κ2) is 12.4. The quantitative estimate of drug-likeness (QED) is 0.173. The maximum atomic E-state index is 13.4. The number of nitro groups is 1. The predicted octanol–water partition coefficient (Wildman–Crippen LogP) is 4.79. The fourth-order valence-electron chi connectivity index (χ4n) is 3.89. The molecule has 0 N–H and O–H groups in total. The van der Waals surface area contributed by atoms with E-state index in [4.69, 9.17) is 28.4 Å². The first-order chi connectivity index (χ1) is 18.6. The number of ether oxygens (including phenoxy) is 6. The highest BCUT2D eigenvalue weighted by Gasteiger charge is 2.24. The Morgan fingerprint density at radius 2 is 1.28 bits per heavy atom. The van der Waals surface area contributed by atoms with Crippen LogP contribution >= 0.6 is 0 Å². The average Bonchev–Trinajstić information content (AvgIpc) is 2.94. The van der Waals surface area contributed by atoms with Gasteiger partial charge in [-0.1, -0.05) is 12.2 Å². The number of hydrogen-bond donors (Lipinski definition) is 0. The molecule has 0 unspecified atom stereocenters. The highest BCUT2D eigenvalue weighted by molar-refractivity contribution is 7.90. The molecule has 0 heterocycles. The lowest BCUT2D eigenvalue weighted by atomic mass is 10.1. The Kier molecular flexibility index (Phi) is 9.25. The molecule has 0 saturated heterocycles. The van der Waals surface area contributed by atoms with Crippen LogP contribution in [0, 0.1) is 10.1 Å². The van der Waals surface area contributed by atoms with Gasteiger partial charge in [0.1, 0.15) is 0 Å². The summed E-state index contributed by atoms with van der Waals surface area (Å²) in [6, 6.07) is 10.2. The van der Waals surface area contributed by atoms with Crippen LogP contribution in [0.3, 0.4) is 0 Å². The number of rotatable bonds is 12. The van der Waals surface area contributed by atoms with E-state index in [1.165, 1.54) is 54.8 Å². The van der Waals surface area contributed by atoms with Crippen LogP contribution < -0.4 is 28.4 Å². The van der Waals surface area contributed by atoms with Gasteiger partial charge in [-0.05, 0) is 53.1 Å². The van der Waals surface area contributed by atoms with Crippen LogP contribution in [0.1, 0.15) is 16.7 Å². The van der Waals surface area contributed by atoms with E-state index in [-0.39, 0.29) is 10.6 Å². The van der Waals surface area contributed by atoms with Crippen LogP contribution in [0.4, 0.5) is 5.69 Å². The number of hydrogen-bond acceptors (Lipinski definition) is 10. The second-order valence-electron chi connectivity index (χ2n) is 8.05. The smallest absolute Gasteiger partial charge is 0.312 e. The van der Waals surface area contributed by atoms with Crippen LogP contribution in [0.2, 0.25) is 0 Å². The molecule has 39 heavy (non-hydrogen) atoms. The molecule has 208 valence electrons. The molecule has 3 aromatic rings. The first kappa shape index (κ1) is 29.1. The molecule has 0 radical (unpaired) electrons. The molecule has 0 aliphatic heterocycles. The van der Waals surface area contributed by atoms with Crippen molar-refractivity contribution in [3.8, 4) is 34.5 Å². The lowest BCUT2D eigenvalue weighted by Crippen LogP contribution is -2.08. The highest BCUT2D eigenvalue weighted by atomic mass is 32.2. The van der Waals surface area contributed by atoms with E-state index >= 15 is 0 Å². The van der Waals surface area contributed by atoms with Crippen LogP contribution in [0.5, 0.6) is 34.5 Å². The molecular weight excluding hydrogens is 530 g/mol. The zero-order valence-corrected chi connectivity index (χ0v) is 23.2. The molecule has 0 aliphatic carbocycles. The van der Waals surface area contributed by atoms with Gasteiger partial charge < -0.3 is 28.4 Å². The van der Waals surface area contributed by atoms with Gasteiger partial charge in [0.25, 0.3) is 0 Å². The van der Waals surface area contributed by atoms with Gasteiger partial charge in [-0.2, -0.15) is 0 Å². The summed E-state index contributed by atoms with van der Waals surface area (Å²) in [5.74, 6) is 1.55. The minimum atomic E-state index is -4.02. The molecule has 3 rings (SSSR count). The normalized spacial score (nSPS) is 11.2. The van der Waals surface area contributed by atoms with Crippen molar-refractivity contribution < 1.29 is 41.8 Å². The second-order valence-corrected chi connectivity index (χ2v) is 10.0. The Morgan fingerprint density at radius 1 is 0.718 bits per heavy atom. The van der Waals surface area contributed by atoms with E-state index in [2.05, 4.69) is 0 Å². The lowest BCUT2D eigenvalue weighted by molar-refractivity contribution is -0.386. The minimum Gasteiger partial charge on any atom is -0.493 e. The fraction of sp³-hybridized carbons (Fsp3) is 0.259. The zero-order chi connectivity index (χ0) is 28.7. The van der Waals surface area contributed by atoms with Gasteiger partial charge in [0, 0.05) is 6.07 Å². The van der Waals surface area contributed by atoms with Crippen molar-refractivity contribution in [3.05, 3.63) is 69.3 Å². The van der Waals surface area contributed by atoms with E-state index in [9.17, 15) is 18.5 Å². The summed E-state index contributed by atoms with van der Waals surface area (Å²) in [7, 11) is 4.67. The maximum absolute atomic E-state index is 13.4. The van der Waals surface area contributed by atoms with Crippen molar-refractivity contribution in [2.75, 3.05) is 42.7 Å². The Hall–Kier alpha value is -4.45. The van der Waals surface area contributed by atoms with E-state index < -0.39 is 26.2 Å². The van der Waals surface area contributed by atoms with Crippen LogP contribution in [0.25, 0.3) is 12.2 Å². The van der Waals surface area contributed by atoms with Gasteiger partial charge in [0.15, 0.2) is 38.6 Å². The lowest BCUT2D eigenvalue weighted by Gasteiger charge is -2.14. The van der Waals surface area contributed by atoms with E-state index in [0.29, 0.717) is 45.4 Å². The standard InChI is InChI=1S/C27H29NO10S/c1-33-22-10-9-20(15-21(22)28(29)30)39(31,32)16-19-14-24(35-3)23(34-2)13-18(19)8-7-17-11-25(36-4)27(38-6)26(12-17)37-5/h7-15H,16H2,1-6H3/b8-7-. The molecule has 3 aromatic carbocycles. The number of methoxy groups -OCH3 is 6. The fourth-order valence-corrected chi connectivity index (χ4v) is 5.29. The van der Waals surface area contributed by atoms with Gasteiger partial charge in [0.05, 0.1) is 58.2 Å². The highest BCUT2D eigenvalue weighted by Crippen LogP contribution is 2.39. The molecule has 0 amide bonds. The number of sulfone groups is 1. The predicted molar refractivity (Wildman–Crippen MR) is 145 cm³/mol. The van der Waals surface area contributed by atoms with E-state index in [1.807, 2.05) is 0 Å². The van der Waals surface area contributed by atoms with Crippen molar-refractivity contribution in [3.63, 3.8) is 0 Å². The van der Waals surface area contributed by atoms with E-state index in [1.54, 1.807) is 36.4 Å². The molecule has 0 bridgehead atoms. The topological polar surface area (TPSA) is 133 Å². The Balaban J connectivity index is 2.11. The summed E-state index contributed by atoms with van der Waals surface area (Å²) in [4.78, 5) is 10.5. The van der Waals surface area contributed by atoms with Crippen molar-refractivity contribution in [1.29, 1.82) is 0 Å². The first-order valence-electron chi connectivity index (χ1n) is 11.4. The van der Waals surface area contributed by atoms with Crippen molar-refractivity contribution in [1.82, 2.24) is 0 Å². The summed E-state index contributed by atoms with van der Waals surface area (Å²) >= 11 is 0. The third-order valence-electron chi connectivity index (χ3n) is 5.84. The molecule has 0 spiro atoms. The summed E-state index contributed by atoms with van der Waals surface area (Å²) in [5.41, 5.74) is 1.15. The molecule has 0 saturated carbocycles. The van der Waals surface area contributed by atoms with Crippen molar-refractivity contribution in [2.45, 2.75) is 10.6 Å². The molecule has 0 aromatic heterocycles. The molecule has 12 heteroatoms. The zero-order valence-electron chi connectivity index (χ0n) is 22.3. The third-order valence-corrected chi connectivity index (χ3v) is 7.50. The van der Waals surface area contributed by atoms with Crippen molar-refractivity contribution >= 4 is 27.7 Å². The maximum Gasteiger partial charge on any atom is 0.312 e. The Morgan fingerprint density at radius 3 is 1.79 bits per heavy atom. The Labute approximate surface area is 226 Å². The number of benzene rings is 3. The summed E-state index contributed by atoms with van der Waals surface area (Å²) < 4.78 is 58.7. The van der Waals surface area contributed by atoms with Gasteiger partial charge in [-0.3, -0.25) is 10.1 Å². The minimum absolute atomic E-state index is 0.0426. The van der Waals surface area contributed by atoms with Gasteiger partial charge >= 0.3 is 5.69 Å². The average molecular weight is 560 g/mol. The summed E-state index contributed by atoms with van der Waals surface area (Å²) in [5, 5.41) is 11.4. The summed E-state index contributed by atoms with van der Waals surface area (Å²) in [6.07, 6.45) is 3.46. The number of nitro benzene ring substituents is 1. The van der Waals surface area contributed by atoms with Crippen molar-refractivity contribution in [2.24, 2.45) is 0 Å². The molecule has 0 fully saturated rings. The van der Waals surface area contributed by atoms with Gasteiger partial charge in [-0.25, -0.2) is 8.42 Å². The molecular formula is C27H29NO10S. The van der Waals surface area contributed by atoms with Gasteiger partial charge in [-0.15, -0.1) is 0 Å². The SMILES string of the molecule is COc1cc(/C=C\c2cc(OC)c(OC)c(OC)c2)c(CS(=O)(=O)c2ccc(OC)c([N+](=O)[O-])c2)cc1OC. The first-order valence-corrected chi connectivity index (χ1v) is 13.1. The molecule has 11 nitrogen and oxygen atoms in total. The van der Waals surface area contributed by atoms with Crippen LogP contribution in [-0.2, 0) is 15.6 Å². The third kappa shape index (κ3) is 6.34. The molecule has 0 atom stereocenters. The summed E-state index contributed by atoms with van der Waals surface area (Å²) in [6.45, 7) is 0. The Bertz CT molecular complexity index is 1470.